The molecule has 2 rings (SSSR count). The number of oxazole rings is 1. The van der Waals surface area contributed by atoms with Crippen molar-refractivity contribution in [1.29, 1.82) is 0 Å². The topological polar surface area (TPSA) is 55.9 Å². The van der Waals surface area contributed by atoms with E-state index in [0.29, 0.717) is 0 Å². The van der Waals surface area contributed by atoms with Crippen molar-refractivity contribution in [2.45, 2.75) is 39.9 Å². The van der Waals surface area contributed by atoms with Crippen molar-refractivity contribution in [2.75, 3.05) is 0 Å². The molecule has 2 aromatic rings. The average molecular weight is 234 g/mol. The van der Waals surface area contributed by atoms with Crippen LogP contribution in [0, 0.1) is 6.92 Å². The lowest BCUT2D eigenvalue weighted by Crippen LogP contribution is -2.20. The molecule has 2 heterocycles. The van der Waals surface area contributed by atoms with Crippen molar-refractivity contribution in [3.8, 4) is 0 Å². The van der Waals surface area contributed by atoms with Gasteiger partial charge in [-0.1, -0.05) is 0 Å². The van der Waals surface area contributed by atoms with E-state index in [1.54, 1.807) is 6.20 Å². The minimum atomic E-state index is 0.101. The minimum absolute atomic E-state index is 0.101. The van der Waals surface area contributed by atoms with Crippen molar-refractivity contribution in [1.82, 2.24) is 20.1 Å². The molecule has 0 aliphatic heterocycles. The molecule has 1 unspecified atom stereocenters. The Morgan fingerprint density at radius 1 is 1.53 bits per heavy atom. The van der Waals surface area contributed by atoms with Crippen molar-refractivity contribution < 1.29 is 4.42 Å². The maximum atomic E-state index is 5.48. The first-order valence-electron chi connectivity index (χ1n) is 5.87. The van der Waals surface area contributed by atoms with Gasteiger partial charge in [-0.25, -0.2) is 4.98 Å². The number of hydrogen-bond donors (Lipinski definition) is 1. The van der Waals surface area contributed by atoms with Crippen molar-refractivity contribution in [3.05, 3.63) is 35.8 Å². The Morgan fingerprint density at radius 2 is 2.35 bits per heavy atom. The molecule has 0 fully saturated rings. The molecule has 0 saturated heterocycles. The van der Waals surface area contributed by atoms with Gasteiger partial charge in [-0.05, 0) is 26.8 Å². The molecule has 1 atom stereocenters. The van der Waals surface area contributed by atoms with E-state index < -0.39 is 0 Å². The van der Waals surface area contributed by atoms with Crippen LogP contribution in [-0.2, 0) is 13.1 Å². The third-order valence-corrected chi connectivity index (χ3v) is 2.70. The van der Waals surface area contributed by atoms with E-state index in [4.69, 9.17) is 4.42 Å². The predicted molar refractivity (Wildman–Crippen MR) is 64.4 cm³/mol. The fourth-order valence-electron chi connectivity index (χ4n) is 1.71. The van der Waals surface area contributed by atoms with Gasteiger partial charge in [-0.3, -0.25) is 4.68 Å². The lowest BCUT2D eigenvalue weighted by Gasteiger charge is -2.11. The number of hydrogen-bond acceptors (Lipinski definition) is 4. The van der Waals surface area contributed by atoms with Gasteiger partial charge in [0.25, 0.3) is 0 Å². The highest BCUT2D eigenvalue weighted by Gasteiger charge is 2.11. The van der Waals surface area contributed by atoms with Gasteiger partial charge in [-0.2, -0.15) is 5.10 Å². The molecule has 0 saturated carbocycles. The zero-order chi connectivity index (χ0) is 12.3. The van der Waals surface area contributed by atoms with Crippen molar-refractivity contribution >= 4 is 0 Å². The summed E-state index contributed by atoms with van der Waals surface area (Å²) < 4.78 is 7.45. The summed E-state index contributed by atoms with van der Waals surface area (Å²) in [5.74, 6) is 1.57. The summed E-state index contributed by atoms with van der Waals surface area (Å²) in [6, 6.07) is 2.12. The molecule has 0 aromatic carbocycles. The normalized spacial score (nSPS) is 12.9. The van der Waals surface area contributed by atoms with E-state index in [9.17, 15) is 0 Å². The average Bonchev–Trinajstić information content (AvgIpc) is 2.94. The number of aromatic nitrogens is 3. The third kappa shape index (κ3) is 2.74. The van der Waals surface area contributed by atoms with Gasteiger partial charge >= 0.3 is 0 Å². The monoisotopic (exact) mass is 234 g/mol. The molecule has 0 aliphatic rings. The molecule has 0 aliphatic carbocycles. The van der Waals surface area contributed by atoms with Crippen LogP contribution in [0.1, 0.15) is 37.2 Å². The molecule has 0 spiro atoms. The van der Waals surface area contributed by atoms with E-state index >= 15 is 0 Å². The van der Waals surface area contributed by atoms with E-state index in [2.05, 4.69) is 22.3 Å². The van der Waals surface area contributed by atoms with Gasteiger partial charge in [-0.15, -0.1) is 0 Å². The second-order valence-electron chi connectivity index (χ2n) is 4.05. The smallest absolute Gasteiger partial charge is 0.211 e. The molecule has 0 amide bonds. The third-order valence-electron chi connectivity index (χ3n) is 2.70. The Kier molecular flexibility index (Phi) is 3.58. The highest BCUT2D eigenvalue weighted by atomic mass is 16.4. The summed E-state index contributed by atoms with van der Waals surface area (Å²) in [5, 5.41) is 7.60. The van der Waals surface area contributed by atoms with Gasteiger partial charge in [0.15, 0.2) is 0 Å². The summed E-state index contributed by atoms with van der Waals surface area (Å²) >= 11 is 0. The molecule has 1 N–H and O–H groups in total. The molecular formula is C12H18N4O. The molecule has 17 heavy (non-hydrogen) atoms. The summed E-state index contributed by atoms with van der Waals surface area (Å²) in [6.07, 6.45) is 3.56. The first-order chi connectivity index (χ1) is 8.20. The van der Waals surface area contributed by atoms with Crippen LogP contribution in [0.15, 0.2) is 22.9 Å². The van der Waals surface area contributed by atoms with Crippen molar-refractivity contribution in [3.63, 3.8) is 0 Å². The maximum Gasteiger partial charge on any atom is 0.211 e. The fourth-order valence-corrected chi connectivity index (χ4v) is 1.71. The second kappa shape index (κ2) is 5.14. The highest BCUT2D eigenvalue weighted by molar-refractivity contribution is 5.01. The summed E-state index contributed by atoms with van der Waals surface area (Å²) in [5.41, 5.74) is 1.17. The summed E-state index contributed by atoms with van der Waals surface area (Å²) in [6.45, 7) is 7.66. The van der Waals surface area contributed by atoms with Gasteiger partial charge in [0, 0.05) is 19.3 Å². The van der Waals surface area contributed by atoms with E-state index in [-0.39, 0.29) is 6.04 Å². The molecule has 92 valence electrons. The van der Waals surface area contributed by atoms with Crippen LogP contribution >= 0.6 is 0 Å². The number of nitrogens with one attached hydrogen (secondary N) is 1. The Morgan fingerprint density at radius 3 is 3.00 bits per heavy atom. The maximum absolute atomic E-state index is 5.48. The summed E-state index contributed by atoms with van der Waals surface area (Å²) in [7, 11) is 0. The van der Waals surface area contributed by atoms with E-state index in [0.717, 1.165) is 24.7 Å². The minimum Gasteiger partial charge on any atom is -0.444 e. The Bertz CT molecular complexity index is 474. The SMILES string of the molecule is CCn1nccc1CNC(C)c1ncc(C)o1. The second-order valence-corrected chi connectivity index (χ2v) is 4.05. The Balaban J connectivity index is 1.94. The fraction of sp³-hybridized carbons (Fsp3) is 0.500. The van der Waals surface area contributed by atoms with E-state index in [1.807, 2.05) is 30.8 Å². The Hall–Kier alpha value is -1.62. The number of rotatable bonds is 5. The molecular weight excluding hydrogens is 216 g/mol. The predicted octanol–water partition coefficient (Wildman–Crippen LogP) is 2.05. The quantitative estimate of drug-likeness (QED) is 0.860. The zero-order valence-corrected chi connectivity index (χ0v) is 10.5. The lowest BCUT2D eigenvalue weighted by molar-refractivity contribution is 0.398. The number of nitrogens with zero attached hydrogens (tertiary/aromatic N) is 3. The van der Waals surface area contributed by atoms with Crippen molar-refractivity contribution in [2.24, 2.45) is 0 Å². The molecule has 5 heteroatoms. The van der Waals surface area contributed by atoms with Crippen LogP contribution in [0.25, 0.3) is 0 Å². The lowest BCUT2D eigenvalue weighted by atomic mass is 10.3. The van der Waals surface area contributed by atoms with Crippen LogP contribution in [0.5, 0.6) is 0 Å². The van der Waals surface area contributed by atoms with Crippen LogP contribution in [0.2, 0.25) is 0 Å². The Labute approximate surface area is 101 Å². The largest absolute Gasteiger partial charge is 0.444 e. The van der Waals surface area contributed by atoms with Gasteiger partial charge in [0.2, 0.25) is 5.89 Å². The van der Waals surface area contributed by atoms with E-state index in [1.165, 1.54) is 5.69 Å². The molecule has 0 radical (unpaired) electrons. The molecule has 5 nitrogen and oxygen atoms in total. The zero-order valence-electron chi connectivity index (χ0n) is 10.5. The van der Waals surface area contributed by atoms with Crippen LogP contribution in [-0.4, -0.2) is 14.8 Å². The molecule has 2 aromatic heterocycles. The van der Waals surface area contributed by atoms with Gasteiger partial charge in [0.1, 0.15) is 5.76 Å². The summed E-state index contributed by atoms with van der Waals surface area (Å²) in [4.78, 5) is 4.21. The molecule has 0 bridgehead atoms. The number of aryl methyl sites for hydroxylation is 2. The van der Waals surface area contributed by atoms with Crippen LogP contribution in [0.4, 0.5) is 0 Å². The highest BCUT2D eigenvalue weighted by Crippen LogP contribution is 2.12. The van der Waals surface area contributed by atoms with Gasteiger partial charge in [0.05, 0.1) is 17.9 Å². The van der Waals surface area contributed by atoms with Crippen LogP contribution < -0.4 is 5.32 Å². The first-order valence-corrected chi connectivity index (χ1v) is 5.87. The standard InChI is InChI=1S/C12H18N4O/c1-4-16-11(5-6-15-16)8-13-10(3)12-14-7-9(2)17-12/h5-7,10,13H,4,8H2,1-3H3. The van der Waals surface area contributed by atoms with Crippen LogP contribution in [0.3, 0.4) is 0 Å². The van der Waals surface area contributed by atoms with Gasteiger partial charge < -0.3 is 9.73 Å². The first kappa shape index (κ1) is 11.9.